The van der Waals surface area contributed by atoms with Crippen molar-refractivity contribution in [1.29, 1.82) is 0 Å². The van der Waals surface area contributed by atoms with Crippen molar-refractivity contribution in [1.82, 2.24) is 5.32 Å². The molecule has 0 aliphatic rings. The van der Waals surface area contributed by atoms with Crippen LogP contribution in [0.5, 0.6) is 5.75 Å². The number of halogens is 1. The zero-order valence-electron chi connectivity index (χ0n) is 14.4. The van der Waals surface area contributed by atoms with Gasteiger partial charge in [0.1, 0.15) is 16.6 Å². The van der Waals surface area contributed by atoms with E-state index in [9.17, 15) is 19.3 Å². The summed E-state index contributed by atoms with van der Waals surface area (Å²) in [6.07, 6.45) is 0. The first-order chi connectivity index (χ1) is 12.9. The zero-order chi connectivity index (χ0) is 19.8. The van der Waals surface area contributed by atoms with Crippen molar-refractivity contribution >= 4 is 28.9 Å². The first-order valence-corrected chi connectivity index (χ1v) is 8.41. The van der Waals surface area contributed by atoms with E-state index in [0.29, 0.717) is 11.1 Å². The highest BCUT2D eigenvalue weighted by molar-refractivity contribution is 7.80. The standard InChI is InChI=1S/C18H17FN2O5S/c1-2-25-17(22)11-26-16-9-13(19)6-7-15(16)18(27)20-10-12-4-3-5-14(8-12)21(23)24/h3-9H,2,10-11H2,1H3,(H,20,27). The van der Waals surface area contributed by atoms with Gasteiger partial charge in [0.25, 0.3) is 5.69 Å². The molecule has 1 N–H and O–H groups in total. The van der Waals surface area contributed by atoms with Crippen LogP contribution in [-0.2, 0) is 16.1 Å². The lowest BCUT2D eigenvalue weighted by Crippen LogP contribution is -2.23. The Morgan fingerprint density at radius 2 is 2.07 bits per heavy atom. The maximum atomic E-state index is 13.5. The summed E-state index contributed by atoms with van der Waals surface area (Å²) in [7, 11) is 0. The number of nitrogens with zero attached hydrogens (tertiary/aromatic N) is 1. The molecule has 0 fully saturated rings. The lowest BCUT2D eigenvalue weighted by atomic mass is 10.1. The van der Waals surface area contributed by atoms with Gasteiger partial charge >= 0.3 is 5.97 Å². The molecule has 2 rings (SSSR count). The monoisotopic (exact) mass is 392 g/mol. The van der Waals surface area contributed by atoms with Crippen LogP contribution in [0, 0.1) is 15.9 Å². The second-order valence-corrected chi connectivity index (χ2v) is 5.75. The number of nitro groups is 1. The lowest BCUT2D eigenvalue weighted by Gasteiger charge is -2.13. The summed E-state index contributed by atoms with van der Waals surface area (Å²) in [6, 6.07) is 9.87. The molecule has 0 amide bonds. The van der Waals surface area contributed by atoms with Gasteiger partial charge in [-0.05, 0) is 24.6 Å². The molecule has 0 heterocycles. The Morgan fingerprint density at radius 1 is 1.30 bits per heavy atom. The van der Waals surface area contributed by atoms with Crippen molar-refractivity contribution in [3.63, 3.8) is 0 Å². The number of carbonyl (C=O) groups is 1. The fraction of sp³-hybridized carbons (Fsp3) is 0.222. The van der Waals surface area contributed by atoms with Crippen molar-refractivity contribution in [3.05, 3.63) is 69.5 Å². The van der Waals surface area contributed by atoms with Crippen LogP contribution in [-0.4, -0.2) is 29.1 Å². The van der Waals surface area contributed by atoms with Crippen molar-refractivity contribution in [2.24, 2.45) is 0 Å². The van der Waals surface area contributed by atoms with E-state index in [1.165, 1.54) is 24.3 Å². The van der Waals surface area contributed by atoms with Crippen molar-refractivity contribution < 1.29 is 23.6 Å². The van der Waals surface area contributed by atoms with E-state index in [2.05, 4.69) is 5.32 Å². The predicted octanol–water partition coefficient (Wildman–Crippen LogP) is 3.14. The van der Waals surface area contributed by atoms with Gasteiger partial charge in [-0.2, -0.15) is 0 Å². The predicted molar refractivity (Wildman–Crippen MR) is 100 cm³/mol. The Hall–Kier alpha value is -3.07. The Bertz CT molecular complexity index is 859. The van der Waals surface area contributed by atoms with Gasteiger partial charge in [0.15, 0.2) is 6.61 Å². The molecule has 0 saturated carbocycles. The minimum Gasteiger partial charge on any atom is -0.481 e. The molecule has 9 heteroatoms. The molecular formula is C18H17FN2O5S. The number of ether oxygens (including phenoxy) is 2. The quantitative estimate of drug-likeness (QED) is 0.319. The zero-order valence-corrected chi connectivity index (χ0v) is 15.3. The summed E-state index contributed by atoms with van der Waals surface area (Å²) in [5.41, 5.74) is 1.02. The highest BCUT2D eigenvalue weighted by Gasteiger charge is 2.13. The van der Waals surface area contributed by atoms with E-state index in [1.54, 1.807) is 19.1 Å². The number of hydrogen-bond acceptors (Lipinski definition) is 6. The highest BCUT2D eigenvalue weighted by atomic mass is 32.1. The molecule has 0 saturated heterocycles. The van der Waals surface area contributed by atoms with E-state index in [1.807, 2.05) is 0 Å². The minimum atomic E-state index is -0.580. The molecular weight excluding hydrogens is 375 g/mol. The number of thiocarbonyl (C=S) groups is 1. The molecule has 0 radical (unpaired) electrons. The molecule has 0 atom stereocenters. The van der Waals surface area contributed by atoms with Crippen LogP contribution in [0.15, 0.2) is 42.5 Å². The van der Waals surface area contributed by atoms with Crippen LogP contribution in [0.1, 0.15) is 18.1 Å². The first kappa shape index (κ1) is 20.2. The van der Waals surface area contributed by atoms with Gasteiger partial charge in [0, 0.05) is 24.7 Å². The van der Waals surface area contributed by atoms with E-state index in [0.717, 1.165) is 6.07 Å². The van der Waals surface area contributed by atoms with Crippen LogP contribution >= 0.6 is 12.2 Å². The fourth-order valence-corrected chi connectivity index (χ4v) is 2.44. The number of esters is 1. The third-order valence-corrected chi connectivity index (χ3v) is 3.78. The van der Waals surface area contributed by atoms with Gasteiger partial charge < -0.3 is 14.8 Å². The fourth-order valence-electron chi connectivity index (χ4n) is 2.20. The molecule has 2 aromatic carbocycles. The third-order valence-electron chi connectivity index (χ3n) is 3.41. The van der Waals surface area contributed by atoms with Gasteiger partial charge in [-0.1, -0.05) is 24.4 Å². The summed E-state index contributed by atoms with van der Waals surface area (Å²) in [5.74, 6) is -1.03. The van der Waals surface area contributed by atoms with Crippen molar-refractivity contribution in [3.8, 4) is 5.75 Å². The molecule has 7 nitrogen and oxygen atoms in total. The Balaban J connectivity index is 2.08. The van der Waals surface area contributed by atoms with Gasteiger partial charge in [0.05, 0.1) is 17.1 Å². The molecule has 0 aliphatic carbocycles. The molecule has 0 aliphatic heterocycles. The molecule has 0 aromatic heterocycles. The third kappa shape index (κ3) is 6.00. The number of hydrogen-bond donors (Lipinski definition) is 1. The van der Waals surface area contributed by atoms with Crippen LogP contribution < -0.4 is 10.1 Å². The van der Waals surface area contributed by atoms with Crippen LogP contribution in [0.25, 0.3) is 0 Å². The molecule has 0 bridgehead atoms. The van der Waals surface area contributed by atoms with Gasteiger partial charge in [-0.3, -0.25) is 10.1 Å². The SMILES string of the molecule is CCOC(=O)COc1cc(F)ccc1C(=S)NCc1cccc([N+](=O)[O-])c1. The number of carbonyl (C=O) groups excluding carboxylic acids is 1. The number of rotatable bonds is 8. The second kappa shape index (κ2) is 9.58. The summed E-state index contributed by atoms with van der Waals surface area (Å²) in [5, 5.41) is 13.8. The average molecular weight is 392 g/mol. The number of non-ortho nitro benzene ring substituents is 1. The van der Waals surface area contributed by atoms with E-state index in [4.69, 9.17) is 21.7 Å². The van der Waals surface area contributed by atoms with Crippen LogP contribution in [0.4, 0.5) is 10.1 Å². The number of nitrogens with one attached hydrogen (secondary N) is 1. The Kier molecular flexibility index (Phi) is 7.18. The average Bonchev–Trinajstić information content (AvgIpc) is 2.65. The number of nitro benzene ring substituents is 1. The molecule has 0 spiro atoms. The van der Waals surface area contributed by atoms with Crippen LogP contribution in [0.2, 0.25) is 0 Å². The maximum Gasteiger partial charge on any atom is 0.344 e. The van der Waals surface area contributed by atoms with Crippen LogP contribution in [0.3, 0.4) is 0 Å². The Labute approximate surface area is 160 Å². The minimum absolute atomic E-state index is 0.0274. The normalized spacial score (nSPS) is 10.1. The van der Waals surface area contributed by atoms with E-state index < -0.39 is 16.7 Å². The number of benzene rings is 2. The van der Waals surface area contributed by atoms with E-state index >= 15 is 0 Å². The topological polar surface area (TPSA) is 90.7 Å². The first-order valence-electron chi connectivity index (χ1n) is 8.00. The molecule has 142 valence electrons. The van der Waals surface area contributed by atoms with Gasteiger partial charge in [-0.15, -0.1) is 0 Å². The smallest absolute Gasteiger partial charge is 0.344 e. The summed E-state index contributed by atoms with van der Waals surface area (Å²) >= 11 is 5.30. The van der Waals surface area contributed by atoms with Crippen molar-refractivity contribution in [2.45, 2.75) is 13.5 Å². The summed E-state index contributed by atoms with van der Waals surface area (Å²) in [4.78, 5) is 22.0. The largest absolute Gasteiger partial charge is 0.481 e. The summed E-state index contributed by atoms with van der Waals surface area (Å²) < 4.78 is 23.6. The maximum absolute atomic E-state index is 13.5. The van der Waals surface area contributed by atoms with Gasteiger partial charge in [0.2, 0.25) is 0 Å². The summed E-state index contributed by atoms with van der Waals surface area (Å²) in [6.45, 7) is 1.73. The molecule has 27 heavy (non-hydrogen) atoms. The Morgan fingerprint density at radius 3 is 2.78 bits per heavy atom. The van der Waals surface area contributed by atoms with Gasteiger partial charge in [-0.25, -0.2) is 9.18 Å². The van der Waals surface area contributed by atoms with E-state index in [-0.39, 0.29) is 36.2 Å². The van der Waals surface area contributed by atoms with Crippen molar-refractivity contribution in [2.75, 3.05) is 13.2 Å². The molecule has 0 unspecified atom stereocenters. The lowest BCUT2D eigenvalue weighted by molar-refractivity contribution is -0.384. The molecule has 2 aromatic rings. The second-order valence-electron chi connectivity index (χ2n) is 5.34. The highest BCUT2D eigenvalue weighted by Crippen LogP contribution is 2.21.